The average molecular weight is 1630 g/mol. The van der Waals surface area contributed by atoms with Gasteiger partial charge in [0.25, 0.3) is 5.97 Å². The van der Waals surface area contributed by atoms with E-state index in [1.807, 2.05) is 0 Å². The molecule has 11 aliphatic heterocycles. The summed E-state index contributed by atoms with van der Waals surface area (Å²) in [5, 5.41) is 95.0. The zero-order chi connectivity index (χ0) is 84.4. The van der Waals surface area contributed by atoms with Crippen molar-refractivity contribution in [2.24, 2.45) is 5.18 Å². The monoisotopic (exact) mass is 1630 g/mol. The maximum atomic E-state index is 14.4. The van der Waals surface area contributed by atoms with Crippen molar-refractivity contribution in [1.29, 1.82) is 0 Å². The zero-order valence-corrected chi connectivity index (χ0v) is 62.2. The van der Waals surface area contributed by atoms with Gasteiger partial charge in [0.15, 0.2) is 67.6 Å². The number of esters is 2. The minimum absolute atomic E-state index is 0.0277. The van der Waals surface area contributed by atoms with Gasteiger partial charge in [-0.15, -0.1) is 0 Å². The number of fused-ring (bicyclic) bond motifs is 4. The molecule has 6 unspecified atom stereocenters. The van der Waals surface area contributed by atoms with E-state index in [-0.39, 0.29) is 52.5 Å². The van der Waals surface area contributed by atoms with Crippen LogP contribution in [0.25, 0.3) is 0 Å². The zero-order valence-electron chi connectivity index (χ0n) is 67.7. The smallest absolute Gasteiger partial charge is 0.342 e. The third-order valence-corrected chi connectivity index (χ3v) is 22.4. The number of aromatic hydroxyl groups is 3. The molecule has 0 saturated carbocycles. The summed E-state index contributed by atoms with van der Waals surface area (Å²) in [6.07, 6.45) is -46.0. The first kappa shape index (κ1) is 74.5. The summed E-state index contributed by atoms with van der Waals surface area (Å²) in [5.74, 6) is -8.46. The number of rotatable bonds is 21. The van der Waals surface area contributed by atoms with E-state index in [4.69, 9.17) is 156 Å². The maximum Gasteiger partial charge on any atom is 0.342 e. The number of nitrogens with zero attached hydrogens (tertiary/aromatic N) is 1. The predicted octanol–water partition coefficient (Wildman–Crippen LogP) is 1.75. The number of halogens is 2. The van der Waals surface area contributed by atoms with Crippen LogP contribution in [0.5, 0.6) is 23.0 Å². The second kappa shape index (κ2) is 33.0. The molecule has 0 radical (unpaired) electrons. The van der Waals surface area contributed by atoms with Gasteiger partial charge in [-0.25, -0.2) is 9.59 Å². The number of methoxy groups -OCH3 is 5. The Morgan fingerprint density at radius 1 is 0.636 bits per heavy atom. The Hall–Kier alpha value is -4.36. The van der Waals surface area contributed by atoms with Crippen molar-refractivity contribution in [2.75, 3.05) is 62.0 Å². The van der Waals surface area contributed by atoms with Crippen molar-refractivity contribution < 1.29 is 183 Å². The summed E-state index contributed by atoms with van der Waals surface area (Å²) in [5.41, 5.74) is -4.33. The van der Waals surface area contributed by atoms with Crippen LogP contribution in [0.1, 0.15) is 109 Å². The van der Waals surface area contributed by atoms with Crippen LogP contribution < -0.4 is 4.74 Å². The highest BCUT2D eigenvalue weighted by molar-refractivity contribution is 6.39. The van der Waals surface area contributed by atoms with Crippen LogP contribution in [-0.4, -0.2) is 328 Å². The third-order valence-electron chi connectivity index (χ3n) is 21.6. The highest BCUT2D eigenvalue weighted by Gasteiger charge is 2.70. The molecule has 0 aliphatic carbocycles. The van der Waals surface area contributed by atoms with Gasteiger partial charge in [0.05, 0.1) is 81.8 Å². The molecule has 2 aromatic rings. The minimum atomic E-state index is -2.25. The second-order valence-corrected chi connectivity index (χ2v) is 29.6. The lowest BCUT2D eigenvalue weighted by atomic mass is 9.86. The number of phenolic OH excluding ortho intramolecular Hbond substituents is 3. The first-order valence-corrected chi connectivity index (χ1v) is 36.0. The SMILES string of the molecule is [3H]COC[C@H]1O[C@@H](O[C@@H]2OC[C@@H]3OC4(OC[C@@H](OC(=O)c5c(C)cc(O)cc5O)C5OC([3H])OC54)O[C@H]3[C@H]2O)[C@@H](OC)[C@@H](O)[C@@H]1O[C@@H]1O[C@H](C)[C@H](OC[3H])[C@H](O[C@@H]2O[C@H](C)[C@H]3OC4(C[C@@H](O)[C@H](O[C@H]5C[C@@H](O[C@H]6CC(C[3H])(N=O)[C@@H](OC[3H])[C@H](C)O6)[C@H](OC(=O)c6c(C)c(Cl)c(O)c(Cl)c6OC[3H])[C@@H](C)O5)[C@@H](C)O4)O[C@]3(C[3H])[C@@H]2O)[C@H]1O. The Morgan fingerprint density at radius 3 is 2.11 bits per heavy atom. The van der Waals surface area contributed by atoms with Crippen molar-refractivity contribution in [3.63, 3.8) is 0 Å². The van der Waals surface area contributed by atoms with Gasteiger partial charge in [-0.05, 0) is 79.5 Å². The summed E-state index contributed by atoms with van der Waals surface area (Å²) < 4.78 is 216. The molecule has 11 heterocycles. The van der Waals surface area contributed by atoms with Crippen LogP contribution in [0, 0.1) is 18.8 Å². The number of hydrogen-bond acceptors (Lipinski definition) is 38. The lowest BCUT2D eigenvalue weighted by molar-refractivity contribution is -0.415. The number of phenols is 3. The fourth-order valence-electron chi connectivity index (χ4n) is 16.2. The molecule has 0 amide bonds. The molecule has 11 aliphatic rings. The van der Waals surface area contributed by atoms with Crippen molar-refractivity contribution in [1.82, 2.24) is 0 Å². The minimum Gasteiger partial charge on any atom is -0.508 e. The second-order valence-electron chi connectivity index (χ2n) is 28.9. The number of ether oxygens (including phenoxy) is 26. The van der Waals surface area contributed by atoms with Crippen LogP contribution in [-0.2, 0) is 118 Å². The van der Waals surface area contributed by atoms with E-state index in [0.29, 0.717) is 0 Å². The van der Waals surface area contributed by atoms with Crippen LogP contribution in [0.15, 0.2) is 17.3 Å². The van der Waals surface area contributed by atoms with Gasteiger partial charge in [-0.3, -0.25) is 0 Å². The molecule has 2 spiro atoms. The number of aliphatic hydroxyl groups is 5. The summed E-state index contributed by atoms with van der Waals surface area (Å²) in [6, 6.07) is 2.20. The van der Waals surface area contributed by atoms with E-state index in [2.05, 4.69) is 5.18 Å². The normalized spacial score (nSPS) is 47.5. The molecule has 2 aromatic carbocycles. The Labute approximate surface area is 650 Å². The molecule has 0 bridgehead atoms. The van der Waals surface area contributed by atoms with Crippen molar-refractivity contribution in [3.05, 3.63) is 49.3 Å². The standard InChI is InChI=1S/C70H97Cl2NO37/c1-24-15-31(74)16-32(75)40(24)61(82)99-36-22-93-70(60-53(36)91-23-92-60)107-37-21-90-63(46(79)52(37)108-70)105-65-56(88-13)45(78)51(35(100-65)20-85-10)103-64-47(80)55(50(86-11)27(4)96-64)104-66-57(81)68(9)59(30(7)97-66)109-69(110-68)18-33(76)48(28(5)106-69)101-38-17-34(98-39-19-67(8,73-84)58(89-14)29(6)95-39)49(26(3)94-38)102-62(83)41-25(2)42(71)44(77)43(72)54(41)87-12/h15-16,26-30,33-39,45-53,55-60,63-66,74-81H,17-23H2,1-14H3/t26-,27-,28-,29+,30-,33-,34-,35-,36-,37+,38+,39+,45+,46-,47-,48-,49-,50+,51-,52-,53?,55-,56+,57-,58+,59-,60?,63+,64+,65+,66+,67?,68-,69?,70?/m1/s1/i8T,9T,10T,11T,12T,14T,23T/t23?,26-,27-,28-,29+,30-,33-,34-,35-,36-,37+,38+,39+,45+,46-,47-,48-,49-,50+,51-,52-,53?,55-,56+,57-,58+,59-,60?,63+,64+,65+,66+,67?,68-,69?,70?. The predicted molar refractivity (Wildman–Crippen MR) is 362 cm³/mol. The van der Waals surface area contributed by atoms with E-state index in [1.54, 1.807) is 0 Å². The van der Waals surface area contributed by atoms with Crippen molar-refractivity contribution >= 4 is 35.1 Å². The molecule has 40 heteroatoms. The molecule has 13 rings (SSSR count). The molecular formula is C70H97Cl2NO37. The third kappa shape index (κ3) is 15.4. The van der Waals surface area contributed by atoms with Gasteiger partial charge in [-0.1, -0.05) is 28.4 Å². The summed E-state index contributed by atoms with van der Waals surface area (Å²) >= 11 is 12.8. The highest BCUT2D eigenvalue weighted by Crippen LogP contribution is 2.53. The highest BCUT2D eigenvalue weighted by atomic mass is 35.5. The quantitative estimate of drug-likeness (QED) is 0.0652. The van der Waals surface area contributed by atoms with Crippen molar-refractivity contribution in [3.8, 4) is 23.0 Å². The molecule has 36 atom stereocenters. The van der Waals surface area contributed by atoms with Gasteiger partial charge in [0.2, 0.25) is 0 Å². The number of hydrogen-bond donors (Lipinski definition) is 8. The Kier molecular flexibility index (Phi) is 22.3. The fraction of sp³-hybridized carbons (Fsp3) is 0.800. The van der Waals surface area contributed by atoms with Gasteiger partial charge < -0.3 is 164 Å². The van der Waals surface area contributed by atoms with Crippen LogP contribution in [0.4, 0.5) is 0 Å². The number of carbonyl (C=O) groups is 2. The molecule has 8 N–H and O–H groups in total. The lowest BCUT2D eigenvalue weighted by Gasteiger charge is -2.50. The molecule has 38 nitrogen and oxygen atoms in total. The van der Waals surface area contributed by atoms with E-state index >= 15 is 0 Å². The molecule has 0 aromatic heterocycles. The van der Waals surface area contributed by atoms with E-state index in [9.17, 15) is 55.3 Å². The van der Waals surface area contributed by atoms with Gasteiger partial charge in [0.1, 0.15) is 143 Å². The first-order valence-electron chi connectivity index (χ1n) is 40.1. The average Bonchev–Trinajstić information content (AvgIpc) is 1.56. The molecule has 110 heavy (non-hydrogen) atoms. The molecule has 11 fully saturated rings. The number of aliphatic hydroxyl groups excluding tert-OH is 5. The van der Waals surface area contributed by atoms with Crippen LogP contribution in [0.3, 0.4) is 0 Å². The van der Waals surface area contributed by atoms with Crippen molar-refractivity contribution in [2.45, 2.75) is 295 Å². The Balaban J connectivity index is 0.664. The van der Waals surface area contributed by atoms with E-state index in [1.165, 1.54) is 61.6 Å². The van der Waals surface area contributed by atoms with Crippen LogP contribution >= 0.6 is 23.2 Å². The number of aryl methyl sites for hydroxylation is 1. The fourth-order valence-corrected chi connectivity index (χ4v) is 16.7. The molecule has 618 valence electrons. The van der Waals surface area contributed by atoms with E-state index in [0.717, 1.165) is 6.07 Å². The summed E-state index contributed by atoms with van der Waals surface area (Å²) in [7, 11) is -1.49. The van der Waals surface area contributed by atoms with Gasteiger partial charge in [-0.2, -0.15) is 4.91 Å². The number of benzene rings is 2. The summed E-state index contributed by atoms with van der Waals surface area (Å²) in [6.45, 7) is 6.05. The Morgan fingerprint density at radius 2 is 1.39 bits per heavy atom. The maximum absolute atomic E-state index is 14.4. The summed E-state index contributed by atoms with van der Waals surface area (Å²) in [4.78, 5) is 40.4. The molecular weight excluding hydrogens is 1520 g/mol. The topological polar surface area (TPSA) is 465 Å². The first-order chi connectivity index (χ1) is 55.7. The number of nitroso groups, excluding NO2 is 1. The Bertz CT molecular complexity index is 3760. The van der Waals surface area contributed by atoms with Gasteiger partial charge in [0, 0.05) is 50.0 Å². The lowest BCUT2D eigenvalue weighted by Crippen LogP contribution is -2.68. The molecule has 11 saturated heterocycles. The van der Waals surface area contributed by atoms with E-state index < -0.39 is 316 Å². The number of carbonyl (C=O) groups excluding carboxylic acids is 2. The van der Waals surface area contributed by atoms with Crippen LogP contribution in [0.2, 0.25) is 10.0 Å². The largest absolute Gasteiger partial charge is 0.508 e. The van der Waals surface area contributed by atoms with Gasteiger partial charge >= 0.3 is 17.9 Å².